The average Bonchev–Trinajstić information content (AvgIpc) is 3.09. The molecule has 3 aliphatic rings. The number of morpholine rings is 1. The van der Waals surface area contributed by atoms with Crippen LogP contribution in [0.1, 0.15) is 30.4 Å². The van der Waals surface area contributed by atoms with Gasteiger partial charge in [-0.05, 0) is 37.3 Å². The van der Waals surface area contributed by atoms with E-state index in [2.05, 4.69) is 46.0 Å². The van der Waals surface area contributed by atoms with E-state index in [1.54, 1.807) is 0 Å². The zero-order valence-electron chi connectivity index (χ0n) is 15.6. The quantitative estimate of drug-likeness (QED) is 0.756. The summed E-state index contributed by atoms with van der Waals surface area (Å²) in [5, 5.41) is 10.3. The van der Waals surface area contributed by atoms with Gasteiger partial charge >= 0.3 is 0 Å². The van der Waals surface area contributed by atoms with E-state index in [4.69, 9.17) is 4.74 Å². The number of para-hydroxylation sites is 1. The SMILES string of the molecule is Cc1cccc2c1NC(C(=O)NC1CCCC(CN3CCOCC3)N1)C2. The van der Waals surface area contributed by atoms with Crippen molar-refractivity contribution < 1.29 is 9.53 Å². The van der Waals surface area contributed by atoms with Gasteiger partial charge in [0, 0.05) is 37.8 Å². The Labute approximate surface area is 155 Å². The van der Waals surface area contributed by atoms with Crippen molar-refractivity contribution in [1.29, 1.82) is 0 Å². The van der Waals surface area contributed by atoms with Gasteiger partial charge in [0.05, 0.1) is 19.4 Å². The number of fused-ring (bicyclic) bond motifs is 1. The van der Waals surface area contributed by atoms with Gasteiger partial charge in [-0.3, -0.25) is 15.0 Å². The Morgan fingerprint density at radius 2 is 2.15 bits per heavy atom. The Kier molecular flexibility index (Phi) is 5.43. The molecule has 1 amide bonds. The van der Waals surface area contributed by atoms with Crippen LogP contribution in [0.5, 0.6) is 0 Å². The van der Waals surface area contributed by atoms with Gasteiger partial charge in [0.25, 0.3) is 0 Å². The van der Waals surface area contributed by atoms with Crippen molar-refractivity contribution in [2.24, 2.45) is 0 Å². The molecule has 0 spiro atoms. The molecule has 3 aliphatic heterocycles. The number of aryl methyl sites for hydroxylation is 1. The van der Waals surface area contributed by atoms with E-state index in [9.17, 15) is 4.79 Å². The number of nitrogens with zero attached hydrogens (tertiary/aromatic N) is 1. The van der Waals surface area contributed by atoms with Gasteiger partial charge < -0.3 is 15.4 Å². The average molecular weight is 358 g/mol. The van der Waals surface area contributed by atoms with Crippen LogP contribution in [0.3, 0.4) is 0 Å². The Bertz CT molecular complexity index is 645. The number of benzene rings is 1. The van der Waals surface area contributed by atoms with Crippen LogP contribution in [0.15, 0.2) is 18.2 Å². The van der Waals surface area contributed by atoms with Crippen LogP contribution in [0.25, 0.3) is 0 Å². The lowest BCUT2D eigenvalue weighted by Gasteiger charge is -2.36. The summed E-state index contributed by atoms with van der Waals surface area (Å²) in [5.41, 5.74) is 3.58. The molecular formula is C20H30N4O2. The molecule has 0 saturated carbocycles. The Hall–Kier alpha value is -1.63. The summed E-state index contributed by atoms with van der Waals surface area (Å²) >= 11 is 0. The number of hydrogen-bond donors (Lipinski definition) is 3. The highest BCUT2D eigenvalue weighted by molar-refractivity contribution is 5.88. The van der Waals surface area contributed by atoms with Crippen molar-refractivity contribution in [3.05, 3.63) is 29.3 Å². The van der Waals surface area contributed by atoms with E-state index in [1.807, 2.05) is 0 Å². The number of amides is 1. The van der Waals surface area contributed by atoms with Crippen LogP contribution in [0.2, 0.25) is 0 Å². The molecule has 142 valence electrons. The second kappa shape index (κ2) is 7.94. The lowest BCUT2D eigenvalue weighted by atomic mass is 10.0. The molecule has 1 aromatic rings. The number of ether oxygens (including phenoxy) is 1. The van der Waals surface area contributed by atoms with Crippen LogP contribution < -0.4 is 16.0 Å². The van der Waals surface area contributed by atoms with Crippen LogP contribution in [-0.2, 0) is 16.0 Å². The maximum Gasteiger partial charge on any atom is 0.244 e. The summed E-state index contributed by atoms with van der Waals surface area (Å²) in [5.74, 6) is 0.102. The molecule has 4 rings (SSSR count). The van der Waals surface area contributed by atoms with Crippen LogP contribution in [0, 0.1) is 6.92 Å². The molecule has 6 nitrogen and oxygen atoms in total. The Morgan fingerprint density at radius 3 is 2.96 bits per heavy atom. The third-order valence-electron chi connectivity index (χ3n) is 5.80. The Balaban J connectivity index is 1.28. The molecule has 1 aromatic carbocycles. The summed E-state index contributed by atoms with van der Waals surface area (Å²) in [6.07, 6.45) is 4.19. The molecule has 2 saturated heterocycles. The van der Waals surface area contributed by atoms with Gasteiger partial charge in [-0.25, -0.2) is 0 Å². The van der Waals surface area contributed by atoms with Gasteiger partial charge in [-0.2, -0.15) is 0 Å². The number of nitrogens with one attached hydrogen (secondary N) is 3. The molecule has 0 bridgehead atoms. The van der Waals surface area contributed by atoms with Crippen molar-refractivity contribution in [3.63, 3.8) is 0 Å². The first-order valence-corrected chi connectivity index (χ1v) is 9.90. The van der Waals surface area contributed by atoms with Crippen molar-refractivity contribution >= 4 is 11.6 Å². The highest BCUT2D eigenvalue weighted by atomic mass is 16.5. The highest BCUT2D eigenvalue weighted by Crippen LogP contribution is 2.29. The highest BCUT2D eigenvalue weighted by Gasteiger charge is 2.30. The molecular weight excluding hydrogens is 328 g/mol. The lowest BCUT2D eigenvalue weighted by molar-refractivity contribution is -0.122. The zero-order valence-corrected chi connectivity index (χ0v) is 15.6. The Morgan fingerprint density at radius 1 is 1.31 bits per heavy atom. The number of carbonyl (C=O) groups is 1. The van der Waals surface area contributed by atoms with E-state index >= 15 is 0 Å². The molecule has 0 aromatic heterocycles. The summed E-state index contributed by atoms with van der Waals surface area (Å²) in [6.45, 7) is 6.82. The van der Waals surface area contributed by atoms with Crippen molar-refractivity contribution in [2.45, 2.75) is 50.9 Å². The smallest absolute Gasteiger partial charge is 0.244 e. The number of piperidine rings is 1. The molecule has 0 radical (unpaired) electrons. The van der Waals surface area contributed by atoms with Crippen molar-refractivity contribution in [1.82, 2.24) is 15.5 Å². The topological polar surface area (TPSA) is 65.6 Å². The van der Waals surface area contributed by atoms with E-state index < -0.39 is 0 Å². The van der Waals surface area contributed by atoms with E-state index in [0.29, 0.717) is 6.04 Å². The fraction of sp³-hybridized carbons (Fsp3) is 0.650. The van der Waals surface area contributed by atoms with Gasteiger partial charge in [-0.15, -0.1) is 0 Å². The third kappa shape index (κ3) is 4.03. The fourth-order valence-corrected chi connectivity index (χ4v) is 4.35. The van der Waals surface area contributed by atoms with Crippen molar-refractivity contribution in [2.75, 3.05) is 38.2 Å². The number of hydrogen-bond acceptors (Lipinski definition) is 5. The van der Waals surface area contributed by atoms with Crippen molar-refractivity contribution in [3.8, 4) is 0 Å². The standard InChI is InChI=1S/C20H30N4O2/c1-14-4-2-5-15-12-17(22-19(14)15)20(25)23-18-7-3-6-16(21-18)13-24-8-10-26-11-9-24/h2,4-5,16-18,21-22H,3,6-13H2,1H3,(H,23,25). The maximum atomic E-state index is 12.7. The summed E-state index contributed by atoms with van der Waals surface area (Å²) < 4.78 is 5.43. The van der Waals surface area contributed by atoms with Crippen LogP contribution in [0.4, 0.5) is 5.69 Å². The first-order chi connectivity index (χ1) is 12.7. The molecule has 3 N–H and O–H groups in total. The largest absolute Gasteiger partial charge is 0.379 e. The van der Waals surface area contributed by atoms with E-state index in [-0.39, 0.29) is 18.1 Å². The second-order valence-corrected chi connectivity index (χ2v) is 7.78. The van der Waals surface area contributed by atoms with Gasteiger partial charge in [0.15, 0.2) is 0 Å². The van der Waals surface area contributed by atoms with Gasteiger partial charge in [-0.1, -0.05) is 18.2 Å². The summed E-state index contributed by atoms with van der Waals surface area (Å²) in [6, 6.07) is 6.55. The minimum Gasteiger partial charge on any atom is -0.379 e. The van der Waals surface area contributed by atoms with Crippen LogP contribution in [-0.4, -0.2) is 61.9 Å². The van der Waals surface area contributed by atoms with E-state index in [1.165, 1.54) is 17.5 Å². The molecule has 2 fully saturated rings. The second-order valence-electron chi connectivity index (χ2n) is 7.78. The lowest BCUT2D eigenvalue weighted by Crippen LogP contribution is -2.57. The van der Waals surface area contributed by atoms with Gasteiger partial charge in [0.1, 0.15) is 6.04 Å². The molecule has 3 atom stereocenters. The normalized spacial score (nSPS) is 29.0. The minimum absolute atomic E-state index is 0.0777. The predicted octanol–water partition coefficient (Wildman–Crippen LogP) is 1.25. The summed E-state index contributed by atoms with van der Waals surface area (Å²) in [4.78, 5) is 15.2. The minimum atomic E-state index is -0.160. The maximum absolute atomic E-state index is 12.7. The van der Waals surface area contributed by atoms with Crippen LogP contribution >= 0.6 is 0 Å². The fourth-order valence-electron chi connectivity index (χ4n) is 4.35. The number of anilines is 1. The molecule has 3 heterocycles. The summed E-state index contributed by atoms with van der Waals surface area (Å²) in [7, 11) is 0. The third-order valence-corrected chi connectivity index (χ3v) is 5.80. The molecule has 3 unspecified atom stereocenters. The first-order valence-electron chi connectivity index (χ1n) is 9.90. The van der Waals surface area contributed by atoms with E-state index in [0.717, 1.165) is 57.8 Å². The zero-order chi connectivity index (χ0) is 17.9. The number of carbonyl (C=O) groups excluding carboxylic acids is 1. The molecule has 6 heteroatoms. The molecule has 26 heavy (non-hydrogen) atoms. The first kappa shape index (κ1) is 17.8. The van der Waals surface area contributed by atoms with Gasteiger partial charge in [0.2, 0.25) is 5.91 Å². The monoisotopic (exact) mass is 358 g/mol. The number of rotatable bonds is 4. The molecule has 0 aliphatic carbocycles. The predicted molar refractivity (Wildman–Crippen MR) is 102 cm³/mol.